The largest absolute Gasteiger partial charge is 0.368 e. The highest BCUT2D eigenvalue weighted by Gasteiger charge is 2.31. The van der Waals surface area contributed by atoms with Crippen LogP contribution in [0, 0.1) is 0 Å². The van der Waals surface area contributed by atoms with Gasteiger partial charge in [0.15, 0.2) is 0 Å². The fourth-order valence-corrected chi connectivity index (χ4v) is 3.11. The second-order valence-electron chi connectivity index (χ2n) is 6.26. The van der Waals surface area contributed by atoms with Gasteiger partial charge in [-0.05, 0) is 25.0 Å². The molecule has 25 heavy (non-hydrogen) atoms. The number of carbonyl (C=O) groups excluding carboxylic acids is 3. The van der Waals surface area contributed by atoms with Crippen molar-refractivity contribution in [1.82, 2.24) is 15.1 Å². The maximum atomic E-state index is 12.3. The number of benzene rings is 1. The zero-order valence-electron chi connectivity index (χ0n) is 14.1. The topological polar surface area (TPSA) is 79.0 Å². The van der Waals surface area contributed by atoms with Crippen LogP contribution < -0.4 is 5.32 Å². The average Bonchev–Trinajstić information content (AvgIpc) is 3.21. The molecule has 2 fully saturated rings. The Balaban J connectivity index is 1.42. The van der Waals surface area contributed by atoms with Crippen LogP contribution in [-0.2, 0) is 14.3 Å². The molecule has 1 atom stereocenters. The first-order chi connectivity index (χ1) is 12.1. The summed E-state index contributed by atoms with van der Waals surface area (Å²) >= 11 is 0. The van der Waals surface area contributed by atoms with Crippen LogP contribution in [0.2, 0.25) is 0 Å². The Morgan fingerprint density at radius 3 is 2.36 bits per heavy atom. The van der Waals surface area contributed by atoms with E-state index >= 15 is 0 Å². The van der Waals surface area contributed by atoms with E-state index in [0.29, 0.717) is 38.3 Å². The minimum atomic E-state index is -0.313. The quantitative estimate of drug-likeness (QED) is 0.849. The maximum Gasteiger partial charge on any atom is 0.251 e. The Kier molecular flexibility index (Phi) is 5.65. The molecule has 0 radical (unpaired) electrons. The molecule has 1 unspecified atom stereocenters. The second-order valence-corrected chi connectivity index (χ2v) is 6.26. The number of rotatable bonds is 4. The molecule has 7 heteroatoms. The lowest BCUT2D eigenvalue weighted by Crippen LogP contribution is -2.54. The third kappa shape index (κ3) is 4.36. The van der Waals surface area contributed by atoms with Crippen LogP contribution in [0.15, 0.2) is 30.3 Å². The second kappa shape index (κ2) is 8.11. The van der Waals surface area contributed by atoms with Crippen molar-refractivity contribution >= 4 is 17.7 Å². The molecule has 1 N–H and O–H groups in total. The van der Waals surface area contributed by atoms with E-state index < -0.39 is 0 Å². The number of ether oxygens (including phenoxy) is 1. The normalized spacial score (nSPS) is 20.4. The summed E-state index contributed by atoms with van der Waals surface area (Å²) in [5.74, 6) is -0.364. The van der Waals surface area contributed by atoms with Gasteiger partial charge >= 0.3 is 0 Å². The number of piperazine rings is 1. The molecular formula is C18H23N3O4. The van der Waals surface area contributed by atoms with Gasteiger partial charge in [-0.25, -0.2) is 0 Å². The predicted octanol–water partition coefficient (Wildman–Crippen LogP) is 0.266. The van der Waals surface area contributed by atoms with Gasteiger partial charge in [0.05, 0.1) is 6.54 Å². The summed E-state index contributed by atoms with van der Waals surface area (Å²) in [6.45, 7) is 2.61. The molecule has 1 aromatic carbocycles. The first-order valence-electron chi connectivity index (χ1n) is 8.66. The fourth-order valence-electron chi connectivity index (χ4n) is 3.11. The minimum absolute atomic E-state index is 0.0296. The highest BCUT2D eigenvalue weighted by atomic mass is 16.5. The van der Waals surface area contributed by atoms with Gasteiger partial charge in [-0.2, -0.15) is 0 Å². The maximum absolute atomic E-state index is 12.3. The predicted molar refractivity (Wildman–Crippen MR) is 90.9 cm³/mol. The van der Waals surface area contributed by atoms with Crippen LogP contribution in [0.4, 0.5) is 0 Å². The third-order valence-corrected chi connectivity index (χ3v) is 4.59. The van der Waals surface area contributed by atoms with Crippen LogP contribution in [0.3, 0.4) is 0 Å². The van der Waals surface area contributed by atoms with Gasteiger partial charge in [-0.15, -0.1) is 0 Å². The van der Waals surface area contributed by atoms with E-state index in [4.69, 9.17) is 4.74 Å². The van der Waals surface area contributed by atoms with Crippen molar-refractivity contribution in [3.05, 3.63) is 35.9 Å². The Morgan fingerprint density at radius 1 is 1.04 bits per heavy atom. The summed E-state index contributed by atoms with van der Waals surface area (Å²) in [6.07, 6.45) is 1.40. The zero-order chi connectivity index (χ0) is 17.6. The fraction of sp³-hybridized carbons (Fsp3) is 0.500. The summed E-state index contributed by atoms with van der Waals surface area (Å²) < 4.78 is 5.43. The van der Waals surface area contributed by atoms with Gasteiger partial charge in [0, 0.05) is 38.3 Å². The van der Waals surface area contributed by atoms with Crippen LogP contribution in [0.5, 0.6) is 0 Å². The highest BCUT2D eigenvalue weighted by Crippen LogP contribution is 2.16. The monoisotopic (exact) mass is 345 g/mol. The number of hydrogen-bond acceptors (Lipinski definition) is 4. The molecule has 2 aliphatic rings. The van der Waals surface area contributed by atoms with Crippen LogP contribution in [0.1, 0.15) is 23.2 Å². The van der Waals surface area contributed by atoms with Crippen molar-refractivity contribution in [1.29, 1.82) is 0 Å². The van der Waals surface area contributed by atoms with E-state index in [0.717, 1.165) is 12.8 Å². The van der Waals surface area contributed by atoms with Gasteiger partial charge in [-0.3, -0.25) is 14.4 Å². The summed E-state index contributed by atoms with van der Waals surface area (Å²) in [7, 11) is 0. The van der Waals surface area contributed by atoms with Gasteiger partial charge in [0.1, 0.15) is 6.10 Å². The van der Waals surface area contributed by atoms with E-state index in [1.165, 1.54) is 0 Å². The average molecular weight is 345 g/mol. The summed E-state index contributed by atoms with van der Waals surface area (Å²) in [4.78, 5) is 40.0. The van der Waals surface area contributed by atoms with E-state index in [9.17, 15) is 14.4 Å². The lowest BCUT2D eigenvalue weighted by molar-refractivity contribution is -0.145. The molecule has 2 aliphatic heterocycles. The minimum Gasteiger partial charge on any atom is -0.368 e. The van der Waals surface area contributed by atoms with Gasteiger partial charge < -0.3 is 19.9 Å². The lowest BCUT2D eigenvalue weighted by atomic mass is 10.2. The molecule has 134 valence electrons. The third-order valence-electron chi connectivity index (χ3n) is 4.59. The smallest absolute Gasteiger partial charge is 0.251 e. The SMILES string of the molecule is O=C(NCC(=O)N1CCN(C(=O)C2CCCO2)CC1)c1ccccc1. The molecule has 3 rings (SSSR count). The van der Waals surface area contributed by atoms with E-state index in [1.54, 1.807) is 34.1 Å². The van der Waals surface area contributed by atoms with Crippen LogP contribution in [-0.4, -0.2) is 73.0 Å². The van der Waals surface area contributed by atoms with Crippen LogP contribution >= 0.6 is 0 Å². The van der Waals surface area contributed by atoms with Crippen molar-refractivity contribution in [3.63, 3.8) is 0 Å². The summed E-state index contributed by atoms with van der Waals surface area (Å²) in [5, 5.41) is 2.64. The van der Waals surface area contributed by atoms with Gasteiger partial charge in [0.25, 0.3) is 11.8 Å². The van der Waals surface area contributed by atoms with Crippen LogP contribution in [0.25, 0.3) is 0 Å². The number of amides is 3. The standard InChI is InChI=1S/C18H23N3O4/c22-16(13-19-17(23)14-5-2-1-3-6-14)20-8-10-21(11-9-20)18(24)15-7-4-12-25-15/h1-3,5-6,15H,4,7-13H2,(H,19,23). The van der Waals surface area contributed by atoms with Gasteiger partial charge in [-0.1, -0.05) is 18.2 Å². The molecule has 2 saturated heterocycles. The van der Waals surface area contributed by atoms with Crippen molar-refractivity contribution < 1.29 is 19.1 Å². The van der Waals surface area contributed by atoms with Crippen molar-refractivity contribution in [2.45, 2.75) is 18.9 Å². The molecule has 0 spiro atoms. The number of nitrogens with zero attached hydrogens (tertiary/aromatic N) is 2. The summed E-state index contributed by atoms with van der Waals surface area (Å²) in [6, 6.07) is 8.80. The molecule has 2 heterocycles. The Morgan fingerprint density at radius 2 is 1.72 bits per heavy atom. The van der Waals surface area contributed by atoms with Crippen molar-refractivity contribution in [3.8, 4) is 0 Å². The Labute approximate surface area is 146 Å². The van der Waals surface area contributed by atoms with E-state index in [2.05, 4.69) is 5.32 Å². The van der Waals surface area contributed by atoms with Crippen molar-refractivity contribution in [2.24, 2.45) is 0 Å². The number of nitrogens with one attached hydrogen (secondary N) is 1. The Hall–Kier alpha value is -2.41. The molecular weight excluding hydrogens is 322 g/mol. The molecule has 7 nitrogen and oxygen atoms in total. The number of hydrogen-bond donors (Lipinski definition) is 1. The number of carbonyl (C=O) groups is 3. The van der Waals surface area contributed by atoms with Gasteiger partial charge in [0.2, 0.25) is 5.91 Å². The molecule has 0 aliphatic carbocycles. The zero-order valence-corrected chi connectivity index (χ0v) is 14.1. The highest BCUT2D eigenvalue weighted by molar-refractivity contribution is 5.96. The van der Waals surface area contributed by atoms with Crippen molar-refractivity contribution in [2.75, 3.05) is 39.3 Å². The van der Waals surface area contributed by atoms with E-state index in [1.807, 2.05) is 6.07 Å². The first kappa shape index (κ1) is 17.4. The lowest BCUT2D eigenvalue weighted by Gasteiger charge is -2.35. The van der Waals surface area contributed by atoms with E-state index in [-0.39, 0.29) is 30.4 Å². The first-order valence-corrected chi connectivity index (χ1v) is 8.66. The molecule has 0 bridgehead atoms. The molecule has 1 aromatic rings. The summed E-state index contributed by atoms with van der Waals surface area (Å²) in [5.41, 5.74) is 0.530. The molecule has 3 amide bonds. The molecule has 0 saturated carbocycles. The molecule has 0 aromatic heterocycles. The Bertz CT molecular complexity index is 620.